The molecule has 0 heterocycles. The molecule has 4 nitrogen and oxygen atoms in total. The Kier molecular flexibility index (Phi) is 6.14. The number of nitrogens with two attached hydrogens (primary N) is 1. The minimum Gasteiger partial charge on any atom is -0.462 e. The van der Waals surface area contributed by atoms with Gasteiger partial charge in [0, 0.05) is 17.7 Å². The molecular formula is C13H15BrN2O2. The Morgan fingerprint density at radius 3 is 2.61 bits per heavy atom. The third kappa shape index (κ3) is 4.33. The highest BCUT2D eigenvalue weighted by Crippen LogP contribution is 2.14. The standard InChI is InChI=1S/C13H15BrN2O2/c1-2-18-13(17)11(8-15)9-16-12-5-3-10(7-14)4-6-12/h3-6,8-9H,2,7,15H2,1H3. The van der Waals surface area contributed by atoms with Gasteiger partial charge in [-0.1, -0.05) is 28.1 Å². The van der Waals surface area contributed by atoms with Gasteiger partial charge in [-0.25, -0.2) is 4.79 Å². The summed E-state index contributed by atoms with van der Waals surface area (Å²) < 4.78 is 4.84. The number of carbonyl (C=O) groups is 1. The molecule has 0 saturated carbocycles. The summed E-state index contributed by atoms with van der Waals surface area (Å²) in [6, 6.07) is 7.65. The average Bonchev–Trinajstić information content (AvgIpc) is 2.40. The van der Waals surface area contributed by atoms with Crippen molar-refractivity contribution in [2.45, 2.75) is 12.3 Å². The lowest BCUT2D eigenvalue weighted by atomic mass is 10.2. The first-order valence-electron chi connectivity index (χ1n) is 5.49. The highest BCUT2D eigenvalue weighted by Gasteiger charge is 2.06. The minimum absolute atomic E-state index is 0.237. The zero-order valence-corrected chi connectivity index (χ0v) is 11.7. The van der Waals surface area contributed by atoms with Gasteiger partial charge in [-0.3, -0.25) is 4.99 Å². The van der Waals surface area contributed by atoms with Crippen LogP contribution in [0.4, 0.5) is 5.69 Å². The number of esters is 1. The lowest BCUT2D eigenvalue weighted by molar-refractivity contribution is -0.137. The smallest absolute Gasteiger partial charge is 0.341 e. The number of ether oxygens (including phenoxy) is 1. The Labute approximate surface area is 115 Å². The summed E-state index contributed by atoms with van der Waals surface area (Å²) in [6.45, 7) is 2.05. The maximum Gasteiger partial charge on any atom is 0.341 e. The van der Waals surface area contributed by atoms with Crippen LogP contribution in [-0.4, -0.2) is 18.8 Å². The van der Waals surface area contributed by atoms with Crippen molar-refractivity contribution in [1.29, 1.82) is 0 Å². The lowest BCUT2D eigenvalue weighted by Gasteiger charge is -2.01. The van der Waals surface area contributed by atoms with Gasteiger partial charge in [0.25, 0.3) is 0 Å². The van der Waals surface area contributed by atoms with E-state index in [1.165, 1.54) is 12.4 Å². The Hall–Kier alpha value is -1.62. The molecule has 0 amide bonds. The maximum atomic E-state index is 11.4. The van der Waals surface area contributed by atoms with Crippen molar-refractivity contribution in [3.8, 4) is 0 Å². The monoisotopic (exact) mass is 310 g/mol. The van der Waals surface area contributed by atoms with Gasteiger partial charge < -0.3 is 10.5 Å². The van der Waals surface area contributed by atoms with Crippen LogP contribution in [0.2, 0.25) is 0 Å². The maximum absolute atomic E-state index is 11.4. The van der Waals surface area contributed by atoms with Crippen LogP contribution < -0.4 is 5.73 Å². The van der Waals surface area contributed by atoms with Crippen molar-refractivity contribution in [1.82, 2.24) is 0 Å². The van der Waals surface area contributed by atoms with E-state index in [4.69, 9.17) is 10.5 Å². The van der Waals surface area contributed by atoms with E-state index in [1.54, 1.807) is 6.92 Å². The van der Waals surface area contributed by atoms with Crippen LogP contribution in [0.3, 0.4) is 0 Å². The highest BCUT2D eigenvalue weighted by molar-refractivity contribution is 9.08. The van der Waals surface area contributed by atoms with E-state index in [0.29, 0.717) is 6.61 Å². The van der Waals surface area contributed by atoms with Crippen LogP contribution in [0.25, 0.3) is 0 Å². The molecule has 0 aliphatic rings. The summed E-state index contributed by atoms with van der Waals surface area (Å²) in [6.07, 6.45) is 2.59. The lowest BCUT2D eigenvalue weighted by Crippen LogP contribution is -2.10. The van der Waals surface area contributed by atoms with Crippen molar-refractivity contribution < 1.29 is 9.53 Å². The number of hydrogen-bond acceptors (Lipinski definition) is 4. The summed E-state index contributed by atoms with van der Waals surface area (Å²) >= 11 is 3.37. The number of halogens is 1. The van der Waals surface area contributed by atoms with E-state index < -0.39 is 5.97 Å². The van der Waals surface area contributed by atoms with Crippen molar-refractivity contribution in [3.05, 3.63) is 41.6 Å². The second kappa shape index (κ2) is 7.66. The van der Waals surface area contributed by atoms with Crippen LogP contribution in [0.1, 0.15) is 12.5 Å². The second-order valence-electron chi connectivity index (χ2n) is 3.40. The van der Waals surface area contributed by atoms with Crippen molar-refractivity contribution in [2.75, 3.05) is 6.61 Å². The third-order valence-corrected chi connectivity index (χ3v) is 2.78. The number of nitrogens with zero attached hydrogens (tertiary/aromatic N) is 1. The number of alkyl halides is 1. The Balaban J connectivity index is 2.74. The molecule has 96 valence electrons. The molecule has 1 aromatic rings. The van der Waals surface area contributed by atoms with Crippen LogP contribution in [0.15, 0.2) is 41.0 Å². The summed E-state index contributed by atoms with van der Waals surface area (Å²) in [5.41, 5.74) is 7.51. The molecule has 0 unspecified atom stereocenters. The molecule has 2 N–H and O–H groups in total. The normalized spacial score (nSPS) is 11.8. The summed E-state index contributed by atoms with van der Waals surface area (Å²) in [7, 11) is 0. The largest absolute Gasteiger partial charge is 0.462 e. The molecule has 1 rings (SSSR count). The quantitative estimate of drug-likeness (QED) is 0.393. The van der Waals surface area contributed by atoms with E-state index in [2.05, 4.69) is 20.9 Å². The van der Waals surface area contributed by atoms with Gasteiger partial charge >= 0.3 is 5.97 Å². The van der Waals surface area contributed by atoms with E-state index in [1.807, 2.05) is 24.3 Å². The van der Waals surface area contributed by atoms with Crippen molar-refractivity contribution in [2.24, 2.45) is 10.7 Å². The van der Waals surface area contributed by atoms with Crippen LogP contribution in [0.5, 0.6) is 0 Å². The van der Waals surface area contributed by atoms with Crippen molar-refractivity contribution in [3.63, 3.8) is 0 Å². The van der Waals surface area contributed by atoms with Crippen LogP contribution in [0, 0.1) is 0 Å². The molecule has 0 bridgehead atoms. The summed E-state index contributed by atoms with van der Waals surface area (Å²) in [4.78, 5) is 15.6. The molecule has 0 saturated heterocycles. The van der Waals surface area contributed by atoms with Crippen LogP contribution >= 0.6 is 15.9 Å². The highest BCUT2D eigenvalue weighted by atomic mass is 79.9. The Bertz CT molecular complexity index is 453. The average molecular weight is 311 g/mol. The molecule has 0 atom stereocenters. The fraction of sp³-hybridized carbons (Fsp3) is 0.231. The van der Waals surface area contributed by atoms with Gasteiger partial charge in [0.1, 0.15) is 0 Å². The molecule has 0 fully saturated rings. The molecule has 5 heteroatoms. The fourth-order valence-corrected chi connectivity index (χ4v) is 1.57. The van der Waals surface area contributed by atoms with Gasteiger partial charge in [-0.05, 0) is 24.6 Å². The predicted octanol–water partition coefficient (Wildman–Crippen LogP) is 2.69. The Morgan fingerprint density at radius 2 is 2.11 bits per heavy atom. The van der Waals surface area contributed by atoms with Gasteiger partial charge in [0.05, 0.1) is 17.9 Å². The molecule has 0 radical (unpaired) electrons. The van der Waals surface area contributed by atoms with Gasteiger partial charge in [-0.2, -0.15) is 0 Å². The molecule has 0 aliphatic carbocycles. The fourth-order valence-electron chi connectivity index (χ4n) is 1.19. The molecule has 18 heavy (non-hydrogen) atoms. The third-order valence-electron chi connectivity index (χ3n) is 2.13. The van der Waals surface area contributed by atoms with Crippen LogP contribution in [-0.2, 0) is 14.9 Å². The van der Waals surface area contributed by atoms with Gasteiger partial charge in [0.15, 0.2) is 0 Å². The molecule has 0 aromatic heterocycles. The number of aliphatic imine (C=N–C) groups is 1. The van der Waals surface area contributed by atoms with Gasteiger partial charge in [0.2, 0.25) is 0 Å². The molecule has 0 spiro atoms. The van der Waals surface area contributed by atoms with E-state index in [0.717, 1.165) is 16.6 Å². The van der Waals surface area contributed by atoms with E-state index >= 15 is 0 Å². The first-order chi connectivity index (χ1) is 8.71. The topological polar surface area (TPSA) is 64.7 Å². The predicted molar refractivity (Wildman–Crippen MR) is 76.1 cm³/mol. The number of rotatable bonds is 5. The second-order valence-corrected chi connectivity index (χ2v) is 3.96. The van der Waals surface area contributed by atoms with E-state index in [-0.39, 0.29) is 5.57 Å². The number of carbonyl (C=O) groups excluding carboxylic acids is 1. The molecule has 1 aromatic carbocycles. The summed E-state index contributed by atoms with van der Waals surface area (Å²) in [5.74, 6) is -0.471. The molecular weight excluding hydrogens is 296 g/mol. The zero-order valence-electron chi connectivity index (χ0n) is 10.1. The Morgan fingerprint density at radius 1 is 1.44 bits per heavy atom. The van der Waals surface area contributed by atoms with Gasteiger partial charge in [-0.15, -0.1) is 0 Å². The SMILES string of the molecule is CCOC(=O)C(C=Nc1ccc(CBr)cc1)=CN. The number of benzene rings is 1. The summed E-state index contributed by atoms with van der Waals surface area (Å²) in [5, 5.41) is 0.799. The minimum atomic E-state index is -0.471. The van der Waals surface area contributed by atoms with Crippen molar-refractivity contribution >= 4 is 33.8 Å². The zero-order chi connectivity index (χ0) is 13.4. The van der Waals surface area contributed by atoms with E-state index in [9.17, 15) is 4.79 Å². The molecule has 0 aliphatic heterocycles. The first-order valence-corrected chi connectivity index (χ1v) is 6.61. The first kappa shape index (κ1) is 14.4. The number of hydrogen-bond donors (Lipinski definition) is 1.